The number of imidazole rings is 1. The molecule has 0 amide bonds. The Hall–Kier alpha value is -2.47. The molecule has 0 spiro atoms. The third-order valence-electron chi connectivity index (χ3n) is 4.76. The SMILES string of the molecule is CCc1nc2n(n1)C[C@H](NCc1nccn1Cc1ccccc1)CC2. The van der Waals surface area contributed by atoms with Crippen molar-refractivity contribution in [3.05, 3.63) is 65.8 Å². The van der Waals surface area contributed by atoms with Crippen molar-refractivity contribution in [3.63, 3.8) is 0 Å². The number of hydrogen-bond donors (Lipinski definition) is 1. The fraction of sp³-hybridized carbons (Fsp3) is 0.421. The summed E-state index contributed by atoms with van der Waals surface area (Å²) in [5, 5.41) is 8.23. The first kappa shape index (κ1) is 16.0. The van der Waals surface area contributed by atoms with Crippen LogP contribution in [-0.4, -0.2) is 30.4 Å². The summed E-state index contributed by atoms with van der Waals surface area (Å²) < 4.78 is 4.28. The highest BCUT2D eigenvalue weighted by atomic mass is 15.4. The smallest absolute Gasteiger partial charge is 0.150 e. The number of rotatable bonds is 6. The fourth-order valence-corrected chi connectivity index (χ4v) is 3.34. The Labute approximate surface area is 147 Å². The number of nitrogens with zero attached hydrogens (tertiary/aromatic N) is 5. The molecule has 130 valence electrons. The van der Waals surface area contributed by atoms with Crippen molar-refractivity contribution < 1.29 is 0 Å². The van der Waals surface area contributed by atoms with Crippen molar-refractivity contribution in [3.8, 4) is 0 Å². The zero-order valence-corrected chi connectivity index (χ0v) is 14.6. The zero-order chi connectivity index (χ0) is 17.1. The molecule has 1 aliphatic rings. The third kappa shape index (κ3) is 3.64. The van der Waals surface area contributed by atoms with Gasteiger partial charge in [0.15, 0.2) is 5.82 Å². The van der Waals surface area contributed by atoms with Crippen LogP contribution in [0.3, 0.4) is 0 Å². The summed E-state index contributed by atoms with van der Waals surface area (Å²) in [7, 11) is 0. The van der Waals surface area contributed by atoms with Crippen molar-refractivity contribution in [2.75, 3.05) is 0 Å². The average molecular weight is 336 g/mol. The van der Waals surface area contributed by atoms with Crippen LogP contribution in [0, 0.1) is 0 Å². The van der Waals surface area contributed by atoms with E-state index in [1.165, 1.54) is 5.56 Å². The van der Waals surface area contributed by atoms with Crippen molar-refractivity contribution in [1.82, 2.24) is 29.6 Å². The van der Waals surface area contributed by atoms with E-state index in [0.717, 1.165) is 56.4 Å². The molecule has 6 nitrogen and oxygen atoms in total. The van der Waals surface area contributed by atoms with Crippen molar-refractivity contribution >= 4 is 0 Å². The summed E-state index contributed by atoms with van der Waals surface area (Å²) in [6, 6.07) is 10.9. The molecule has 1 N–H and O–H groups in total. The molecule has 0 aliphatic carbocycles. The molecule has 4 rings (SSSR count). The van der Waals surface area contributed by atoms with E-state index in [9.17, 15) is 0 Å². The molecule has 1 aromatic carbocycles. The maximum absolute atomic E-state index is 4.58. The van der Waals surface area contributed by atoms with E-state index in [1.54, 1.807) is 0 Å². The molecule has 0 saturated heterocycles. The van der Waals surface area contributed by atoms with E-state index >= 15 is 0 Å². The predicted molar refractivity (Wildman–Crippen MR) is 96.1 cm³/mol. The molecule has 2 aromatic heterocycles. The molecule has 0 unspecified atom stereocenters. The maximum atomic E-state index is 4.58. The molecule has 0 radical (unpaired) electrons. The Morgan fingerprint density at radius 1 is 1.24 bits per heavy atom. The zero-order valence-electron chi connectivity index (χ0n) is 14.6. The normalized spacial score (nSPS) is 16.8. The highest BCUT2D eigenvalue weighted by Crippen LogP contribution is 2.14. The van der Waals surface area contributed by atoms with Gasteiger partial charge in [0.1, 0.15) is 11.6 Å². The molecule has 3 heterocycles. The Morgan fingerprint density at radius 2 is 2.12 bits per heavy atom. The lowest BCUT2D eigenvalue weighted by Crippen LogP contribution is -2.38. The van der Waals surface area contributed by atoms with E-state index in [-0.39, 0.29) is 0 Å². The predicted octanol–water partition coefficient (Wildman–Crippen LogP) is 2.19. The van der Waals surface area contributed by atoms with Gasteiger partial charge in [-0.25, -0.2) is 14.6 Å². The summed E-state index contributed by atoms with van der Waals surface area (Å²) >= 11 is 0. The van der Waals surface area contributed by atoms with Crippen LogP contribution < -0.4 is 5.32 Å². The summed E-state index contributed by atoms with van der Waals surface area (Å²) in [6.07, 6.45) is 6.91. The summed E-state index contributed by atoms with van der Waals surface area (Å²) in [4.78, 5) is 9.11. The Bertz CT molecular complexity index is 820. The maximum Gasteiger partial charge on any atom is 0.150 e. The van der Waals surface area contributed by atoms with E-state index in [2.05, 4.69) is 60.8 Å². The monoisotopic (exact) mass is 336 g/mol. The van der Waals surface area contributed by atoms with Crippen LogP contribution in [0.25, 0.3) is 0 Å². The fourth-order valence-electron chi connectivity index (χ4n) is 3.34. The molecule has 1 aliphatic heterocycles. The molecule has 0 saturated carbocycles. The Balaban J connectivity index is 1.37. The number of hydrogen-bond acceptors (Lipinski definition) is 4. The molecular formula is C19H24N6. The van der Waals surface area contributed by atoms with Gasteiger partial charge in [-0.2, -0.15) is 5.10 Å². The van der Waals surface area contributed by atoms with Crippen molar-refractivity contribution in [2.24, 2.45) is 0 Å². The second kappa shape index (κ2) is 7.19. The average Bonchev–Trinajstić information content (AvgIpc) is 3.26. The number of nitrogens with one attached hydrogen (secondary N) is 1. The van der Waals surface area contributed by atoms with Crippen LogP contribution in [-0.2, 0) is 32.5 Å². The number of fused-ring (bicyclic) bond motifs is 1. The van der Waals surface area contributed by atoms with Crippen LogP contribution in [0.15, 0.2) is 42.7 Å². The van der Waals surface area contributed by atoms with Crippen LogP contribution >= 0.6 is 0 Å². The van der Waals surface area contributed by atoms with E-state index in [4.69, 9.17) is 0 Å². The lowest BCUT2D eigenvalue weighted by atomic mass is 10.1. The Kier molecular flexibility index (Phi) is 4.61. The topological polar surface area (TPSA) is 60.6 Å². The summed E-state index contributed by atoms with van der Waals surface area (Å²) in [6.45, 7) is 4.62. The third-order valence-corrected chi connectivity index (χ3v) is 4.76. The molecule has 3 aromatic rings. The highest BCUT2D eigenvalue weighted by Gasteiger charge is 2.21. The van der Waals surface area contributed by atoms with Crippen LogP contribution in [0.2, 0.25) is 0 Å². The van der Waals surface area contributed by atoms with Gasteiger partial charge >= 0.3 is 0 Å². The quantitative estimate of drug-likeness (QED) is 0.750. The van der Waals surface area contributed by atoms with Gasteiger partial charge in [0, 0.05) is 37.8 Å². The van der Waals surface area contributed by atoms with Gasteiger partial charge in [0.05, 0.1) is 13.1 Å². The minimum Gasteiger partial charge on any atom is -0.329 e. The number of benzene rings is 1. The van der Waals surface area contributed by atoms with E-state index < -0.39 is 0 Å². The van der Waals surface area contributed by atoms with Crippen molar-refractivity contribution in [1.29, 1.82) is 0 Å². The first-order chi connectivity index (χ1) is 12.3. The second-order valence-corrected chi connectivity index (χ2v) is 6.55. The van der Waals surface area contributed by atoms with Gasteiger partial charge in [0.2, 0.25) is 0 Å². The lowest BCUT2D eigenvalue weighted by Gasteiger charge is -2.23. The van der Waals surface area contributed by atoms with E-state index in [1.807, 2.05) is 18.5 Å². The van der Waals surface area contributed by atoms with Gasteiger partial charge in [-0.15, -0.1) is 0 Å². The van der Waals surface area contributed by atoms with Gasteiger partial charge in [0.25, 0.3) is 0 Å². The second-order valence-electron chi connectivity index (χ2n) is 6.55. The summed E-state index contributed by atoms with van der Waals surface area (Å²) in [5.41, 5.74) is 1.29. The van der Waals surface area contributed by atoms with E-state index in [0.29, 0.717) is 6.04 Å². The standard InChI is InChI=1S/C19H24N6/c1-2-17-22-18-9-8-16(14-25(18)23-17)21-12-19-20-10-11-24(19)13-15-6-4-3-5-7-15/h3-7,10-11,16,21H,2,8-9,12-14H2,1H3/t16-/m1/s1. The van der Waals surface area contributed by atoms with Gasteiger partial charge in [-0.1, -0.05) is 37.3 Å². The van der Waals surface area contributed by atoms with Crippen LogP contribution in [0.5, 0.6) is 0 Å². The van der Waals surface area contributed by atoms with Crippen LogP contribution in [0.4, 0.5) is 0 Å². The Morgan fingerprint density at radius 3 is 2.96 bits per heavy atom. The molecule has 6 heteroatoms. The largest absolute Gasteiger partial charge is 0.329 e. The number of aryl methyl sites for hydroxylation is 2. The van der Waals surface area contributed by atoms with Crippen LogP contribution in [0.1, 0.15) is 36.4 Å². The first-order valence-corrected chi connectivity index (χ1v) is 9.01. The van der Waals surface area contributed by atoms with Crippen molar-refractivity contribution in [2.45, 2.75) is 51.9 Å². The molecule has 25 heavy (non-hydrogen) atoms. The molecule has 0 bridgehead atoms. The molecule has 0 fully saturated rings. The van der Waals surface area contributed by atoms with Gasteiger partial charge < -0.3 is 9.88 Å². The lowest BCUT2D eigenvalue weighted by molar-refractivity contribution is 0.353. The van der Waals surface area contributed by atoms with Gasteiger partial charge in [-0.05, 0) is 12.0 Å². The first-order valence-electron chi connectivity index (χ1n) is 9.01. The molecule has 1 atom stereocenters. The highest BCUT2D eigenvalue weighted by molar-refractivity contribution is 5.15. The molecular weight excluding hydrogens is 312 g/mol. The minimum atomic E-state index is 0.417. The summed E-state index contributed by atoms with van der Waals surface area (Å²) in [5.74, 6) is 3.15. The van der Waals surface area contributed by atoms with Gasteiger partial charge in [-0.3, -0.25) is 0 Å². The number of aromatic nitrogens is 5. The minimum absolute atomic E-state index is 0.417.